The number of ether oxygens (including phenoxy) is 3. The van der Waals surface area contributed by atoms with Crippen molar-refractivity contribution >= 4 is 18.1 Å². The van der Waals surface area contributed by atoms with Crippen molar-refractivity contribution in [2.75, 3.05) is 20.3 Å². The summed E-state index contributed by atoms with van der Waals surface area (Å²) in [4.78, 5) is 25.8. The van der Waals surface area contributed by atoms with Gasteiger partial charge in [-0.2, -0.15) is 0 Å². The number of methoxy groups -OCH3 is 1. The summed E-state index contributed by atoms with van der Waals surface area (Å²) >= 11 is 0. The van der Waals surface area contributed by atoms with Gasteiger partial charge in [0.2, 0.25) is 0 Å². The van der Waals surface area contributed by atoms with Gasteiger partial charge in [0.1, 0.15) is 11.6 Å². The van der Waals surface area contributed by atoms with Crippen LogP contribution in [0.25, 0.3) is 6.08 Å². The van der Waals surface area contributed by atoms with Crippen LogP contribution in [0.4, 0.5) is 4.79 Å². The summed E-state index contributed by atoms with van der Waals surface area (Å²) in [7, 11) is 1.31. The molecule has 2 atom stereocenters. The number of hydrogen-bond acceptors (Lipinski definition) is 5. The Kier molecular flexibility index (Phi) is 6.80. The van der Waals surface area contributed by atoms with Crippen LogP contribution in [-0.4, -0.2) is 55.0 Å². The van der Waals surface area contributed by atoms with Crippen LogP contribution in [0.2, 0.25) is 0 Å². The number of benzene rings is 1. The van der Waals surface area contributed by atoms with Gasteiger partial charge in [0.25, 0.3) is 0 Å². The maximum absolute atomic E-state index is 12.4. The zero-order valence-corrected chi connectivity index (χ0v) is 15.8. The van der Waals surface area contributed by atoms with Gasteiger partial charge in [0, 0.05) is 6.42 Å². The minimum Gasteiger partial charge on any atom is -0.467 e. The van der Waals surface area contributed by atoms with Crippen LogP contribution in [0.15, 0.2) is 36.4 Å². The molecule has 0 spiro atoms. The molecule has 0 radical (unpaired) electrons. The fourth-order valence-corrected chi connectivity index (χ4v) is 2.74. The molecule has 1 fully saturated rings. The van der Waals surface area contributed by atoms with Crippen LogP contribution in [0.1, 0.15) is 32.8 Å². The SMILES string of the molecule is COC(=O)[C@@H]1C[C@H](OCC=Cc2ccccc2)CN1C(=O)OC(C)(C)C. The molecule has 0 saturated carbocycles. The molecule has 26 heavy (non-hydrogen) atoms. The van der Waals surface area contributed by atoms with E-state index in [1.807, 2.05) is 42.5 Å². The molecule has 6 nitrogen and oxygen atoms in total. The second-order valence-corrected chi connectivity index (χ2v) is 7.18. The summed E-state index contributed by atoms with van der Waals surface area (Å²) < 4.78 is 16.0. The van der Waals surface area contributed by atoms with Gasteiger partial charge in [-0.1, -0.05) is 42.5 Å². The molecule has 142 valence electrons. The average molecular weight is 361 g/mol. The number of carbonyl (C=O) groups excluding carboxylic acids is 2. The molecule has 0 bridgehead atoms. The minimum atomic E-state index is -0.682. The molecule has 0 unspecified atom stereocenters. The van der Waals surface area contributed by atoms with Crippen molar-refractivity contribution in [3.05, 3.63) is 42.0 Å². The molecule has 0 N–H and O–H groups in total. The summed E-state index contributed by atoms with van der Waals surface area (Å²) in [5.41, 5.74) is 0.458. The normalized spacial score (nSPS) is 20.4. The first-order valence-electron chi connectivity index (χ1n) is 8.71. The Balaban J connectivity index is 1.93. The first-order chi connectivity index (χ1) is 12.3. The van der Waals surface area contributed by atoms with Gasteiger partial charge in [-0.05, 0) is 26.3 Å². The van der Waals surface area contributed by atoms with Crippen LogP contribution in [0.3, 0.4) is 0 Å². The van der Waals surface area contributed by atoms with E-state index in [1.165, 1.54) is 12.0 Å². The van der Waals surface area contributed by atoms with Gasteiger partial charge in [-0.3, -0.25) is 4.90 Å². The van der Waals surface area contributed by atoms with Crippen LogP contribution >= 0.6 is 0 Å². The second kappa shape index (κ2) is 8.85. The number of likely N-dealkylation sites (tertiary alicyclic amines) is 1. The van der Waals surface area contributed by atoms with Crippen molar-refractivity contribution < 1.29 is 23.8 Å². The summed E-state index contributed by atoms with van der Waals surface area (Å²) in [6, 6.07) is 9.23. The Morgan fingerprint density at radius 3 is 2.54 bits per heavy atom. The predicted octanol–water partition coefficient (Wildman–Crippen LogP) is 3.27. The molecule has 1 aliphatic heterocycles. The van der Waals surface area contributed by atoms with E-state index in [2.05, 4.69) is 0 Å². The van der Waals surface area contributed by atoms with Crippen LogP contribution < -0.4 is 0 Å². The summed E-state index contributed by atoms with van der Waals surface area (Å²) in [6.07, 6.45) is 3.51. The monoisotopic (exact) mass is 361 g/mol. The topological polar surface area (TPSA) is 65.1 Å². The van der Waals surface area contributed by atoms with Gasteiger partial charge in [-0.25, -0.2) is 9.59 Å². The molecular formula is C20H27NO5. The van der Waals surface area contributed by atoms with Gasteiger partial charge < -0.3 is 14.2 Å². The Labute approximate surface area is 154 Å². The molecule has 0 aliphatic carbocycles. The third-order valence-corrected chi connectivity index (χ3v) is 3.90. The molecule has 1 aliphatic rings. The standard InChI is InChI=1S/C20H27NO5/c1-20(2,3)26-19(23)21-14-16(13-17(21)18(22)24-4)25-12-8-11-15-9-6-5-7-10-15/h5-11,16-17H,12-14H2,1-4H3/t16-,17-/m0/s1. The Morgan fingerprint density at radius 1 is 1.23 bits per heavy atom. The van der Waals surface area contributed by atoms with Gasteiger partial charge in [0.15, 0.2) is 0 Å². The lowest BCUT2D eigenvalue weighted by molar-refractivity contribution is -0.145. The summed E-state index contributed by atoms with van der Waals surface area (Å²) in [5.74, 6) is -0.457. The van der Waals surface area contributed by atoms with E-state index in [-0.39, 0.29) is 6.10 Å². The quantitative estimate of drug-likeness (QED) is 0.753. The van der Waals surface area contributed by atoms with Crippen molar-refractivity contribution in [1.29, 1.82) is 0 Å². The number of rotatable bonds is 5. The Bertz CT molecular complexity index is 635. The highest BCUT2D eigenvalue weighted by atomic mass is 16.6. The molecule has 1 amide bonds. The van der Waals surface area contributed by atoms with E-state index in [9.17, 15) is 9.59 Å². The highest BCUT2D eigenvalue weighted by Gasteiger charge is 2.42. The molecule has 0 aromatic heterocycles. The maximum atomic E-state index is 12.4. The molecular weight excluding hydrogens is 334 g/mol. The number of hydrogen-bond donors (Lipinski definition) is 0. The fraction of sp³-hybridized carbons (Fsp3) is 0.500. The molecule has 1 aromatic carbocycles. The van der Waals surface area contributed by atoms with Crippen molar-refractivity contribution in [2.24, 2.45) is 0 Å². The smallest absolute Gasteiger partial charge is 0.411 e. The number of nitrogens with zero attached hydrogens (tertiary/aromatic N) is 1. The summed E-state index contributed by atoms with van der Waals surface area (Å²) in [5, 5.41) is 0. The molecule has 1 saturated heterocycles. The fourth-order valence-electron chi connectivity index (χ4n) is 2.74. The van der Waals surface area contributed by atoms with E-state index in [4.69, 9.17) is 14.2 Å². The zero-order valence-electron chi connectivity index (χ0n) is 15.8. The zero-order chi connectivity index (χ0) is 19.2. The minimum absolute atomic E-state index is 0.243. The lowest BCUT2D eigenvalue weighted by atomic mass is 10.2. The molecule has 2 rings (SSSR count). The molecule has 6 heteroatoms. The third-order valence-electron chi connectivity index (χ3n) is 3.90. The Morgan fingerprint density at radius 2 is 1.92 bits per heavy atom. The highest BCUT2D eigenvalue weighted by Crippen LogP contribution is 2.24. The van der Waals surface area contributed by atoms with E-state index < -0.39 is 23.7 Å². The number of amides is 1. The van der Waals surface area contributed by atoms with Crippen LogP contribution in [-0.2, 0) is 19.0 Å². The number of carbonyl (C=O) groups is 2. The van der Waals surface area contributed by atoms with Gasteiger partial charge in [-0.15, -0.1) is 0 Å². The largest absolute Gasteiger partial charge is 0.467 e. The lowest BCUT2D eigenvalue weighted by Crippen LogP contribution is -2.44. The lowest BCUT2D eigenvalue weighted by Gasteiger charge is -2.27. The third kappa shape index (κ3) is 5.88. The van der Waals surface area contributed by atoms with Gasteiger partial charge >= 0.3 is 12.1 Å². The highest BCUT2D eigenvalue weighted by molar-refractivity contribution is 5.82. The van der Waals surface area contributed by atoms with E-state index >= 15 is 0 Å². The maximum Gasteiger partial charge on any atom is 0.411 e. The van der Waals surface area contributed by atoms with Crippen LogP contribution in [0.5, 0.6) is 0 Å². The second-order valence-electron chi connectivity index (χ2n) is 7.18. The first-order valence-corrected chi connectivity index (χ1v) is 8.71. The molecule has 1 heterocycles. The number of esters is 1. The van der Waals surface area contributed by atoms with Crippen molar-refractivity contribution in [2.45, 2.75) is 44.9 Å². The van der Waals surface area contributed by atoms with Crippen LogP contribution in [0, 0.1) is 0 Å². The van der Waals surface area contributed by atoms with E-state index in [1.54, 1.807) is 20.8 Å². The molecule has 1 aromatic rings. The van der Waals surface area contributed by atoms with Crippen molar-refractivity contribution in [1.82, 2.24) is 4.90 Å². The van der Waals surface area contributed by atoms with E-state index in [0.29, 0.717) is 19.6 Å². The summed E-state index contributed by atoms with van der Waals surface area (Å²) in [6.45, 7) is 6.06. The average Bonchev–Trinajstić information content (AvgIpc) is 3.02. The first kappa shape index (κ1) is 20.0. The van der Waals surface area contributed by atoms with E-state index in [0.717, 1.165) is 5.56 Å². The Hall–Kier alpha value is -2.34. The van der Waals surface area contributed by atoms with Gasteiger partial charge in [0.05, 0.1) is 26.4 Å². The van der Waals surface area contributed by atoms with Crippen molar-refractivity contribution in [3.63, 3.8) is 0 Å². The predicted molar refractivity (Wildman–Crippen MR) is 98.6 cm³/mol. The van der Waals surface area contributed by atoms with Crippen molar-refractivity contribution in [3.8, 4) is 0 Å².